The first-order valence-electron chi connectivity index (χ1n) is 9.51. The Morgan fingerprint density at radius 1 is 1.17 bits per heavy atom. The van der Waals surface area contributed by atoms with Gasteiger partial charge in [-0.05, 0) is 31.4 Å². The van der Waals surface area contributed by atoms with Gasteiger partial charge in [0.2, 0.25) is 11.8 Å². The van der Waals surface area contributed by atoms with E-state index in [1.807, 2.05) is 0 Å². The van der Waals surface area contributed by atoms with Crippen LogP contribution in [0.3, 0.4) is 0 Å². The van der Waals surface area contributed by atoms with E-state index in [2.05, 4.69) is 5.32 Å². The van der Waals surface area contributed by atoms with Crippen LogP contribution in [0.2, 0.25) is 5.02 Å². The third-order valence-corrected chi connectivity index (χ3v) is 5.88. The minimum Gasteiger partial charge on any atom is -0.371 e. The van der Waals surface area contributed by atoms with E-state index in [4.69, 9.17) is 17.3 Å². The number of rotatable bonds is 4. The number of carbonyl (C=O) groups excluding carboxylic acids is 2. The van der Waals surface area contributed by atoms with E-state index in [-0.39, 0.29) is 49.1 Å². The molecule has 1 saturated carbocycles. The van der Waals surface area contributed by atoms with Gasteiger partial charge in [-0.1, -0.05) is 11.6 Å². The molecule has 30 heavy (non-hydrogen) atoms. The van der Waals surface area contributed by atoms with Crippen molar-refractivity contribution >= 4 is 29.1 Å². The number of nitrogens with two attached hydrogens (primary N) is 1. The Bertz CT molecular complexity index is 840. The van der Waals surface area contributed by atoms with Crippen LogP contribution in [0.1, 0.15) is 48.0 Å². The number of primary amides is 1. The lowest BCUT2D eigenvalue weighted by atomic mass is 9.79. The first-order chi connectivity index (χ1) is 13.9. The summed E-state index contributed by atoms with van der Waals surface area (Å²) in [5.74, 6) is -4.43. The van der Waals surface area contributed by atoms with E-state index in [0.29, 0.717) is 12.8 Å². The predicted molar refractivity (Wildman–Crippen MR) is 101 cm³/mol. The van der Waals surface area contributed by atoms with Crippen molar-refractivity contribution in [1.29, 1.82) is 0 Å². The second-order valence-electron chi connectivity index (χ2n) is 7.78. The Hall–Kier alpha value is -2.10. The molecular weight excluding hydrogens is 433 g/mol. The zero-order valence-electron chi connectivity index (χ0n) is 15.9. The predicted octanol–water partition coefficient (Wildman–Crippen LogP) is 3.98. The Morgan fingerprint density at radius 3 is 2.43 bits per heavy atom. The van der Waals surface area contributed by atoms with Gasteiger partial charge in [0.15, 0.2) is 0 Å². The molecule has 0 aromatic heterocycles. The zero-order valence-corrected chi connectivity index (χ0v) is 16.6. The van der Waals surface area contributed by atoms with Gasteiger partial charge in [0, 0.05) is 37.9 Å². The number of carbonyl (C=O) groups is 2. The van der Waals surface area contributed by atoms with Crippen LogP contribution < -0.4 is 16.0 Å². The number of alkyl halides is 5. The Kier molecular flexibility index (Phi) is 6.18. The maximum absolute atomic E-state index is 13.7. The fourth-order valence-electron chi connectivity index (χ4n) is 3.76. The summed E-state index contributed by atoms with van der Waals surface area (Å²) in [5, 5.41) is 2.00. The minimum atomic E-state index is -4.76. The van der Waals surface area contributed by atoms with Crippen molar-refractivity contribution in [2.45, 2.75) is 50.2 Å². The fourth-order valence-corrected chi connectivity index (χ4v) is 4.03. The van der Waals surface area contributed by atoms with Crippen LogP contribution in [-0.2, 0) is 11.0 Å². The lowest BCUT2D eigenvalue weighted by molar-refractivity contribution is -0.137. The first-order valence-corrected chi connectivity index (χ1v) is 9.89. The summed E-state index contributed by atoms with van der Waals surface area (Å²) in [4.78, 5) is 25.3. The lowest BCUT2D eigenvalue weighted by Crippen LogP contribution is -2.48. The summed E-state index contributed by atoms with van der Waals surface area (Å²) in [5.41, 5.74) is 3.84. The molecule has 2 fully saturated rings. The van der Waals surface area contributed by atoms with Gasteiger partial charge in [0.25, 0.3) is 5.91 Å². The summed E-state index contributed by atoms with van der Waals surface area (Å²) < 4.78 is 67.5. The number of hydrogen-bond donors (Lipinski definition) is 2. The Labute approximate surface area is 174 Å². The molecule has 0 atom stereocenters. The number of nitrogens with zero attached hydrogens (tertiary/aromatic N) is 1. The summed E-state index contributed by atoms with van der Waals surface area (Å²) in [6, 6.07) is 1.31. The van der Waals surface area contributed by atoms with Crippen molar-refractivity contribution < 1.29 is 31.5 Å². The molecular formula is C19H21ClF5N3O2. The molecule has 0 radical (unpaired) electrons. The van der Waals surface area contributed by atoms with Crippen LogP contribution >= 0.6 is 11.6 Å². The minimum absolute atomic E-state index is 0.0704. The number of hydrogen-bond acceptors (Lipinski definition) is 3. The van der Waals surface area contributed by atoms with Gasteiger partial charge in [0.1, 0.15) is 0 Å². The van der Waals surface area contributed by atoms with E-state index in [0.717, 1.165) is 12.1 Å². The molecule has 1 aromatic rings. The second-order valence-corrected chi connectivity index (χ2v) is 8.19. The van der Waals surface area contributed by atoms with Crippen LogP contribution in [-0.4, -0.2) is 36.9 Å². The second kappa shape index (κ2) is 8.20. The largest absolute Gasteiger partial charge is 0.417 e. The first kappa shape index (κ1) is 22.6. The molecule has 0 bridgehead atoms. The fraction of sp³-hybridized carbons (Fsp3) is 0.579. The van der Waals surface area contributed by atoms with E-state index >= 15 is 0 Å². The average Bonchev–Trinajstić information content (AvgIpc) is 2.76. The molecule has 1 saturated heterocycles. The van der Waals surface area contributed by atoms with Gasteiger partial charge < -0.3 is 16.0 Å². The molecule has 0 unspecified atom stereocenters. The Morgan fingerprint density at radius 2 is 1.83 bits per heavy atom. The highest BCUT2D eigenvalue weighted by Crippen LogP contribution is 2.40. The van der Waals surface area contributed by atoms with Crippen molar-refractivity contribution in [3.63, 3.8) is 0 Å². The smallest absolute Gasteiger partial charge is 0.371 e. The topological polar surface area (TPSA) is 75.4 Å². The quantitative estimate of drug-likeness (QED) is 0.677. The molecule has 1 aliphatic carbocycles. The van der Waals surface area contributed by atoms with Crippen LogP contribution in [0.5, 0.6) is 0 Å². The third-order valence-electron chi connectivity index (χ3n) is 5.57. The van der Waals surface area contributed by atoms with Gasteiger partial charge in [0.05, 0.1) is 21.8 Å². The number of benzene rings is 1. The van der Waals surface area contributed by atoms with Crippen molar-refractivity contribution in [1.82, 2.24) is 5.32 Å². The number of halogens is 6. The molecule has 3 rings (SSSR count). The zero-order chi connectivity index (χ0) is 22.3. The molecule has 11 heteroatoms. The molecule has 5 nitrogen and oxygen atoms in total. The highest BCUT2D eigenvalue weighted by atomic mass is 35.5. The number of anilines is 1. The van der Waals surface area contributed by atoms with Gasteiger partial charge in [-0.15, -0.1) is 0 Å². The summed E-state index contributed by atoms with van der Waals surface area (Å²) in [6.07, 6.45) is -4.93. The van der Waals surface area contributed by atoms with Gasteiger partial charge in [-0.3, -0.25) is 9.59 Å². The maximum Gasteiger partial charge on any atom is 0.417 e. The monoisotopic (exact) mass is 453 g/mol. The van der Waals surface area contributed by atoms with Crippen LogP contribution in [0, 0.1) is 5.92 Å². The Balaban J connectivity index is 1.90. The molecule has 166 valence electrons. The van der Waals surface area contributed by atoms with Gasteiger partial charge >= 0.3 is 6.18 Å². The normalized spacial score (nSPS) is 24.0. The van der Waals surface area contributed by atoms with Crippen molar-refractivity contribution in [3.8, 4) is 0 Å². The third kappa shape index (κ3) is 4.96. The maximum atomic E-state index is 13.7. The van der Waals surface area contributed by atoms with Crippen molar-refractivity contribution in [3.05, 3.63) is 28.3 Å². The summed E-state index contributed by atoms with van der Waals surface area (Å²) >= 11 is 5.80. The molecule has 1 aromatic carbocycles. The van der Waals surface area contributed by atoms with E-state index in [9.17, 15) is 31.5 Å². The summed E-state index contributed by atoms with van der Waals surface area (Å²) in [6.45, 7) is -0.110. The van der Waals surface area contributed by atoms with E-state index in [1.54, 1.807) is 0 Å². The SMILES string of the molecule is NC(=O)[C@H]1C[C@H](NC(=O)c2cc(Cl)c(C(F)(F)F)cc2N2CCCC(F)(F)CC2)C1. The molecule has 3 N–H and O–H groups in total. The molecule has 2 amide bonds. The summed E-state index contributed by atoms with van der Waals surface area (Å²) in [7, 11) is 0. The van der Waals surface area contributed by atoms with Crippen molar-refractivity contribution in [2.24, 2.45) is 11.7 Å². The van der Waals surface area contributed by atoms with Crippen molar-refractivity contribution in [2.75, 3.05) is 18.0 Å². The van der Waals surface area contributed by atoms with Crippen LogP contribution in [0.25, 0.3) is 0 Å². The molecule has 1 heterocycles. The average molecular weight is 454 g/mol. The van der Waals surface area contributed by atoms with Crippen LogP contribution in [0.4, 0.5) is 27.6 Å². The lowest BCUT2D eigenvalue weighted by Gasteiger charge is -2.34. The van der Waals surface area contributed by atoms with Gasteiger partial charge in [-0.2, -0.15) is 13.2 Å². The highest BCUT2D eigenvalue weighted by molar-refractivity contribution is 6.32. The number of nitrogens with one attached hydrogen (secondary N) is 1. The molecule has 2 aliphatic rings. The number of amides is 2. The highest BCUT2D eigenvalue weighted by Gasteiger charge is 2.38. The van der Waals surface area contributed by atoms with E-state index in [1.165, 1.54) is 4.90 Å². The molecule has 1 aliphatic heterocycles. The van der Waals surface area contributed by atoms with E-state index < -0.39 is 40.9 Å². The molecule has 0 spiro atoms. The van der Waals surface area contributed by atoms with Crippen LogP contribution in [0.15, 0.2) is 12.1 Å². The standard InChI is InChI=1S/C19H21ClF5N3O2/c20-14-8-12(17(30)27-11-6-10(7-11)16(26)29)15(9-13(14)19(23,24)25)28-4-1-2-18(21,22)3-5-28/h8-11H,1-7H2,(H2,26,29)(H,27,30)/t10-,11-. The van der Waals surface area contributed by atoms with Gasteiger partial charge in [-0.25, -0.2) is 8.78 Å².